The lowest BCUT2D eigenvalue weighted by Gasteiger charge is -2.21. The number of ether oxygens (including phenoxy) is 1. The number of thioether (sulfide) groups is 1. The third-order valence-corrected chi connectivity index (χ3v) is 4.16. The van der Waals surface area contributed by atoms with Gasteiger partial charge in [0.15, 0.2) is 0 Å². The quantitative estimate of drug-likeness (QED) is 0.836. The lowest BCUT2D eigenvalue weighted by atomic mass is 10.1. The Labute approximate surface area is 118 Å². The van der Waals surface area contributed by atoms with E-state index in [4.69, 9.17) is 4.74 Å². The molecule has 1 rings (SSSR count). The van der Waals surface area contributed by atoms with Crippen molar-refractivity contribution in [3.05, 3.63) is 29.3 Å². The van der Waals surface area contributed by atoms with E-state index >= 15 is 0 Å². The number of benzene rings is 1. The fraction of sp³-hybridized carbons (Fsp3) is 0.500. The van der Waals surface area contributed by atoms with Crippen molar-refractivity contribution in [2.45, 2.75) is 25.1 Å². The van der Waals surface area contributed by atoms with Crippen LogP contribution in [0.25, 0.3) is 0 Å². The molecule has 1 aromatic carbocycles. The minimum Gasteiger partial charge on any atom is -0.496 e. The van der Waals surface area contributed by atoms with Gasteiger partial charge in [-0.3, -0.25) is 4.79 Å². The number of hydrogen-bond donors (Lipinski definition) is 2. The molecule has 2 atom stereocenters. The van der Waals surface area contributed by atoms with Crippen LogP contribution in [0.2, 0.25) is 0 Å². The van der Waals surface area contributed by atoms with E-state index in [1.807, 2.05) is 26.2 Å². The van der Waals surface area contributed by atoms with Gasteiger partial charge in [0.05, 0.1) is 19.3 Å². The summed E-state index contributed by atoms with van der Waals surface area (Å²) >= 11 is 1.53. The molecular formula is C14H21NO3S. The summed E-state index contributed by atoms with van der Waals surface area (Å²) in [5, 5.41) is 12.1. The summed E-state index contributed by atoms with van der Waals surface area (Å²) < 4.78 is 5.20. The number of aliphatic hydroxyl groups excluding tert-OH is 1. The predicted octanol–water partition coefficient (Wildman–Crippen LogP) is 1.85. The van der Waals surface area contributed by atoms with Gasteiger partial charge in [0.2, 0.25) is 0 Å². The summed E-state index contributed by atoms with van der Waals surface area (Å²) in [7, 11) is 1.54. The van der Waals surface area contributed by atoms with Crippen LogP contribution in [-0.2, 0) is 0 Å². The van der Waals surface area contributed by atoms with E-state index in [-0.39, 0.29) is 23.8 Å². The summed E-state index contributed by atoms with van der Waals surface area (Å²) in [5.74, 6) is 0.376. The molecule has 0 saturated heterocycles. The number of carbonyl (C=O) groups excluding carboxylic acids is 1. The lowest BCUT2D eigenvalue weighted by Crippen LogP contribution is -2.41. The van der Waals surface area contributed by atoms with Crippen molar-refractivity contribution in [3.8, 4) is 5.75 Å². The first-order valence-corrected chi connectivity index (χ1v) is 7.41. The maximum Gasteiger partial charge on any atom is 0.255 e. The van der Waals surface area contributed by atoms with Gasteiger partial charge in [0.1, 0.15) is 5.75 Å². The molecule has 0 aliphatic rings. The molecule has 1 amide bonds. The van der Waals surface area contributed by atoms with Gasteiger partial charge in [0.25, 0.3) is 5.91 Å². The molecule has 5 heteroatoms. The first-order chi connectivity index (χ1) is 9.03. The van der Waals surface area contributed by atoms with Gasteiger partial charge in [0, 0.05) is 11.3 Å². The van der Waals surface area contributed by atoms with E-state index in [1.54, 1.807) is 19.2 Å². The number of aryl methyl sites for hydroxylation is 1. The van der Waals surface area contributed by atoms with Crippen molar-refractivity contribution in [2.24, 2.45) is 0 Å². The van der Waals surface area contributed by atoms with Crippen molar-refractivity contribution >= 4 is 17.7 Å². The van der Waals surface area contributed by atoms with Crippen LogP contribution < -0.4 is 10.1 Å². The molecule has 0 aliphatic heterocycles. The van der Waals surface area contributed by atoms with E-state index in [1.165, 1.54) is 11.8 Å². The maximum atomic E-state index is 12.2. The average Bonchev–Trinajstić information content (AvgIpc) is 2.40. The van der Waals surface area contributed by atoms with E-state index in [0.717, 1.165) is 5.56 Å². The summed E-state index contributed by atoms with van der Waals surface area (Å²) in [4.78, 5) is 12.2. The molecule has 0 fully saturated rings. The highest BCUT2D eigenvalue weighted by molar-refractivity contribution is 7.99. The van der Waals surface area contributed by atoms with Crippen LogP contribution >= 0.6 is 11.8 Å². The Morgan fingerprint density at radius 3 is 2.74 bits per heavy atom. The van der Waals surface area contributed by atoms with Crippen LogP contribution in [0.1, 0.15) is 22.8 Å². The zero-order valence-electron chi connectivity index (χ0n) is 11.8. The van der Waals surface area contributed by atoms with Crippen LogP contribution in [0.15, 0.2) is 18.2 Å². The second kappa shape index (κ2) is 7.40. The lowest BCUT2D eigenvalue weighted by molar-refractivity contribution is 0.0933. The Morgan fingerprint density at radius 2 is 2.21 bits per heavy atom. The van der Waals surface area contributed by atoms with Gasteiger partial charge >= 0.3 is 0 Å². The molecule has 0 spiro atoms. The molecule has 0 heterocycles. The Hall–Kier alpha value is -1.20. The highest BCUT2D eigenvalue weighted by Gasteiger charge is 2.20. The van der Waals surface area contributed by atoms with E-state index < -0.39 is 0 Å². The van der Waals surface area contributed by atoms with Crippen LogP contribution in [0, 0.1) is 6.92 Å². The van der Waals surface area contributed by atoms with Crippen LogP contribution in [0.3, 0.4) is 0 Å². The summed E-state index contributed by atoms with van der Waals surface area (Å²) in [5.41, 5.74) is 1.52. The van der Waals surface area contributed by atoms with Crippen molar-refractivity contribution in [2.75, 3.05) is 20.0 Å². The van der Waals surface area contributed by atoms with Crippen LogP contribution in [0.4, 0.5) is 0 Å². The smallest absolute Gasteiger partial charge is 0.255 e. The Balaban J connectivity index is 2.86. The van der Waals surface area contributed by atoms with Crippen molar-refractivity contribution in [1.29, 1.82) is 0 Å². The molecule has 0 aromatic heterocycles. The average molecular weight is 283 g/mol. The molecule has 0 radical (unpaired) electrons. The fourth-order valence-corrected chi connectivity index (χ4v) is 2.44. The molecule has 1 aromatic rings. The topological polar surface area (TPSA) is 58.6 Å². The van der Waals surface area contributed by atoms with Crippen LogP contribution in [-0.4, -0.2) is 42.3 Å². The highest BCUT2D eigenvalue weighted by Crippen LogP contribution is 2.20. The second-order valence-electron chi connectivity index (χ2n) is 4.42. The monoisotopic (exact) mass is 283 g/mol. The standard InChI is InChI=1S/C14H21NO3S/c1-9-5-6-12(18-3)11(7-9)14(17)15-10(2)13(8-16)19-4/h5-7,10,13,16H,8H2,1-4H3,(H,15,17). The third kappa shape index (κ3) is 4.14. The number of carbonyl (C=O) groups is 1. The molecule has 0 bridgehead atoms. The number of methoxy groups -OCH3 is 1. The molecule has 0 aliphatic carbocycles. The van der Waals surface area contributed by atoms with Gasteiger partial charge in [-0.15, -0.1) is 0 Å². The first-order valence-electron chi connectivity index (χ1n) is 6.12. The van der Waals surface area contributed by atoms with Gasteiger partial charge < -0.3 is 15.2 Å². The fourth-order valence-electron chi connectivity index (χ4n) is 1.81. The number of aliphatic hydroxyl groups is 1. The normalized spacial score (nSPS) is 13.7. The van der Waals surface area contributed by atoms with Crippen molar-refractivity contribution < 1.29 is 14.6 Å². The van der Waals surface area contributed by atoms with Crippen LogP contribution in [0.5, 0.6) is 5.75 Å². The highest BCUT2D eigenvalue weighted by atomic mass is 32.2. The summed E-state index contributed by atoms with van der Waals surface area (Å²) in [6, 6.07) is 5.37. The number of rotatable bonds is 6. The van der Waals surface area contributed by atoms with Crippen molar-refractivity contribution in [3.63, 3.8) is 0 Å². The molecule has 2 N–H and O–H groups in total. The zero-order chi connectivity index (χ0) is 14.4. The SMILES string of the molecule is COc1ccc(C)cc1C(=O)NC(C)C(CO)SC. The Kier molecular flexibility index (Phi) is 6.18. The Bertz CT molecular complexity index is 433. The van der Waals surface area contributed by atoms with E-state index in [0.29, 0.717) is 11.3 Å². The third-order valence-electron chi connectivity index (χ3n) is 3.00. The van der Waals surface area contributed by atoms with Gasteiger partial charge in [-0.05, 0) is 32.2 Å². The molecule has 4 nitrogen and oxygen atoms in total. The number of nitrogens with one attached hydrogen (secondary N) is 1. The maximum absolute atomic E-state index is 12.2. The zero-order valence-corrected chi connectivity index (χ0v) is 12.6. The molecule has 106 valence electrons. The Morgan fingerprint density at radius 1 is 1.53 bits per heavy atom. The largest absolute Gasteiger partial charge is 0.496 e. The second-order valence-corrected chi connectivity index (χ2v) is 5.50. The first kappa shape index (κ1) is 15.9. The molecule has 2 unspecified atom stereocenters. The summed E-state index contributed by atoms with van der Waals surface area (Å²) in [6.07, 6.45) is 1.91. The van der Waals surface area contributed by atoms with Crippen molar-refractivity contribution in [1.82, 2.24) is 5.32 Å². The number of amides is 1. The van der Waals surface area contributed by atoms with E-state index in [2.05, 4.69) is 5.32 Å². The van der Waals surface area contributed by atoms with Gasteiger partial charge in [-0.2, -0.15) is 11.8 Å². The minimum absolute atomic E-state index is 0.0141. The number of hydrogen-bond acceptors (Lipinski definition) is 4. The van der Waals surface area contributed by atoms with E-state index in [9.17, 15) is 9.90 Å². The van der Waals surface area contributed by atoms with Gasteiger partial charge in [-0.1, -0.05) is 11.6 Å². The predicted molar refractivity (Wildman–Crippen MR) is 79.0 cm³/mol. The molecule has 0 saturated carbocycles. The molecule has 19 heavy (non-hydrogen) atoms. The summed E-state index contributed by atoms with van der Waals surface area (Å²) in [6.45, 7) is 3.85. The van der Waals surface area contributed by atoms with Gasteiger partial charge in [-0.25, -0.2) is 0 Å². The molecular weight excluding hydrogens is 262 g/mol. The minimum atomic E-state index is -0.180.